The van der Waals surface area contributed by atoms with Crippen molar-refractivity contribution in [2.24, 2.45) is 0 Å². The van der Waals surface area contributed by atoms with Gasteiger partial charge >= 0.3 is 5.97 Å². The van der Waals surface area contributed by atoms with Gasteiger partial charge in [0.05, 0.1) is 18.3 Å². The molecule has 0 saturated carbocycles. The Morgan fingerprint density at radius 3 is 2.38 bits per heavy atom. The third-order valence-corrected chi connectivity index (χ3v) is 2.94. The number of hydrogen-bond donors (Lipinski definition) is 3. The summed E-state index contributed by atoms with van der Waals surface area (Å²) >= 11 is 0. The van der Waals surface area contributed by atoms with Crippen molar-refractivity contribution in [1.29, 1.82) is 0 Å². The number of carbonyl (C=O) groups excluding carboxylic acids is 2. The Bertz CT molecular complexity index is 471. The fourth-order valence-corrected chi connectivity index (χ4v) is 1.81. The van der Waals surface area contributed by atoms with Gasteiger partial charge in [0, 0.05) is 13.5 Å². The van der Waals surface area contributed by atoms with Crippen molar-refractivity contribution >= 4 is 11.9 Å². The quantitative estimate of drug-likeness (QED) is 0.646. The second-order valence-corrected chi connectivity index (χ2v) is 4.63. The molecule has 0 spiro atoms. The molecule has 0 aromatic heterocycles. The molecule has 116 valence electrons. The third-order valence-electron chi connectivity index (χ3n) is 2.94. The van der Waals surface area contributed by atoms with Gasteiger partial charge in [-0.2, -0.15) is 0 Å². The van der Waals surface area contributed by atoms with Gasteiger partial charge in [-0.25, -0.2) is 4.79 Å². The van der Waals surface area contributed by atoms with Gasteiger partial charge in [-0.3, -0.25) is 4.79 Å². The first-order chi connectivity index (χ1) is 9.95. The number of carbonyl (C=O) groups is 2. The number of amides is 1. The van der Waals surface area contributed by atoms with E-state index in [9.17, 15) is 19.8 Å². The number of aliphatic hydroxyl groups excluding tert-OH is 2. The van der Waals surface area contributed by atoms with E-state index in [-0.39, 0.29) is 18.9 Å². The van der Waals surface area contributed by atoms with Crippen LogP contribution in [0.1, 0.15) is 42.3 Å². The Morgan fingerprint density at radius 1 is 1.24 bits per heavy atom. The largest absolute Gasteiger partial charge is 0.462 e. The van der Waals surface area contributed by atoms with Gasteiger partial charge in [0.1, 0.15) is 6.10 Å². The molecule has 0 aliphatic heterocycles. The lowest BCUT2D eigenvalue weighted by atomic mass is 10.0. The van der Waals surface area contributed by atoms with Crippen LogP contribution in [0.3, 0.4) is 0 Å². The summed E-state index contributed by atoms with van der Waals surface area (Å²) in [5, 5.41) is 22.4. The molecule has 2 atom stereocenters. The molecular formula is C15H21NO5. The molecule has 6 nitrogen and oxygen atoms in total. The Labute approximate surface area is 123 Å². The van der Waals surface area contributed by atoms with E-state index in [4.69, 9.17) is 4.74 Å². The maximum atomic E-state index is 11.5. The van der Waals surface area contributed by atoms with Gasteiger partial charge in [-0.15, -0.1) is 0 Å². The van der Waals surface area contributed by atoms with Crippen molar-refractivity contribution in [2.75, 3.05) is 13.2 Å². The lowest BCUT2D eigenvalue weighted by Gasteiger charge is -2.18. The molecule has 1 aromatic carbocycles. The second-order valence-electron chi connectivity index (χ2n) is 4.63. The summed E-state index contributed by atoms with van der Waals surface area (Å²) in [5.74, 6) is -0.611. The number of ether oxygens (including phenoxy) is 1. The average molecular weight is 295 g/mol. The molecule has 1 aromatic rings. The van der Waals surface area contributed by atoms with Crippen molar-refractivity contribution in [1.82, 2.24) is 5.32 Å². The van der Waals surface area contributed by atoms with Gasteiger partial charge < -0.3 is 20.3 Å². The molecule has 0 bridgehead atoms. The van der Waals surface area contributed by atoms with E-state index < -0.39 is 18.2 Å². The molecular weight excluding hydrogens is 274 g/mol. The maximum Gasteiger partial charge on any atom is 0.338 e. The molecule has 0 radical (unpaired) electrons. The summed E-state index contributed by atoms with van der Waals surface area (Å²) in [5.41, 5.74) is 0.888. The zero-order valence-corrected chi connectivity index (χ0v) is 12.2. The Balaban J connectivity index is 2.59. The second kappa shape index (κ2) is 8.39. The molecule has 1 rings (SSSR count). The van der Waals surface area contributed by atoms with Gasteiger partial charge in [0.2, 0.25) is 5.91 Å². The number of hydrogen-bond acceptors (Lipinski definition) is 5. The smallest absolute Gasteiger partial charge is 0.338 e. The van der Waals surface area contributed by atoms with Crippen LogP contribution in [-0.4, -0.2) is 41.3 Å². The van der Waals surface area contributed by atoms with Crippen LogP contribution in [0.15, 0.2) is 24.3 Å². The highest BCUT2D eigenvalue weighted by molar-refractivity contribution is 5.89. The van der Waals surface area contributed by atoms with Crippen molar-refractivity contribution in [3.8, 4) is 0 Å². The van der Waals surface area contributed by atoms with Crippen LogP contribution in [-0.2, 0) is 9.53 Å². The number of aliphatic hydroxyl groups is 2. The Morgan fingerprint density at radius 2 is 1.86 bits per heavy atom. The van der Waals surface area contributed by atoms with E-state index >= 15 is 0 Å². The molecule has 3 N–H and O–H groups in total. The van der Waals surface area contributed by atoms with E-state index in [1.165, 1.54) is 19.1 Å². The number of benzene rings is 1. The minimum absolute atomic E-state index is 0.185. The van der Waals surface area contributed by atoms with Gasteiger partial charge in [-0.1, -0.05) is 12.1 Å². The highest BCUT2D eigenvalue weighted by Gasteiger charge is 2.18. The Hall–Kier alpha value is -1.92. The van der Waals surface area contributed by atoms with E-state index in [0.717, 1.165) is 0 Å². The molecule has 0 heterocycles. The minimum atomic E-state index is -1.07. The molecule has 0 saturated heterocycles. The van der Waals surface area contributed by atoms with E-state index in [1.807, 2.05) is 0 Å². The molecule has 2 unspecified atom stereocenters. The van der Waals surface area contributed by atoms with Crippen molar-refractivity contribution in [3.63, 3.8) is 0 Å². The first kappa shape index (κ1) is 17.1. The lowest BCUT2D eigenvalue weighted by molar-refractivity contribution is -0.119. The predicted octanol–water partition coefficient (Wildman–Crippen LogP) is 0.784. The normalized spacial score (nSPS) is 13.3. The monoisotopic (exact) mass is 295 g/mol. The first-order valence-electron chi connectivity index (χ1n) is 6.83. The number of rotatable bonds is 7. The van der Waals surface area contributed by atoms with Crippen LogP contribution >= 0.6 is 0 Å². The predicted molar refractivity (Wildman–Crippen MR) is 76.7 cm³/mol. The minimum Gasteiger partial charge on any atom is -0.462 e. The van der Waals surface area contributed by atoms with Crippen molar-refractivity contribution in [3.05, 3.63) is 35.4 Å². The maximum absolute atomic E-state index is 11.5. The summed E-state index contributed by atoms with van der Waals surface area (Å²) < 4.78 is 4.86. The van der Waals surface area contributed by atoms with E-state index in [1.54, 1.807) is 19.1 Å². The lowest BCUT2D eigenvalue weighted by Crippen LogP contribution is -2.27. The topological polar surface area (TPSA) is 95.9 Å². The van der Waals surface area contributed by atoms with Gasteiger partial charge in [0.25, 0.3) is 0 Å². The third kappa shape index (κ3) is 5.53. The standard InChI is InChI=1S/C15H21NO5/c1-3-21-15(20)12-6-4-11(5-7-12)14(19)13(18)8-9-16-10(2)17/h4-7,13-14,18-19H,3,8-9H2,1-2H3,(H,16,17). The average Bonchev–Trinajstić information content (AvgIpc) is 2.46. The fraction of sp³-hybridized carbons (Fsp3) is 0.467. The zero-order chi connectivity index (χ0) is 15.8. The molecule has 0 aliphatic carbocycles. The summed E-state index contributed by atoms with van der Waals surface area (Å²) in [6.45, 7) is 3.69. The number of nitrogens with one attached hydrogen (secondary N) is 1. The van der Waals surface area contributed by atoms with Crippen LogP contribution in [0, 0.1) is 0 Å². The zero-order valence-electron chi connectivity index (χ0n) is 12.2. The summed E-state index contributed by atoms with van der Waals surface area (Å²) in [6, 6.07) is 6.21. The van der Waals surface area contributed by atoms with Crippen molar-refractivity contribution < 1.29 is 24.5 Å². The molecule has 0 fully saturated rings. The first-order valence-corrected chi connectivity index (χ1v) is 6.83. The van der Waals surface area contributed by atoms with Crippen LogP contribution in [0.25, 0.3) is 0 Å². The van der Waals surface area contributed by atoms with Crippen LogP contribution in [0.2, 0.25) is 0 Å². The molecule has 1 amide bonds. The van der Waals surface area contributed by atoms with E-state index in [0.29, 0.717) is 17.7 Å². The van der Waals surface area contributed by atoms with Gasteiger partial charge in [0.15, 0.2) is 0 Å². The van der Waals surface area contributed by atoms with Crippen LogP contribution in [0.4, 0.5) is 0 Å². The SMILES string of the molecule is CCOC(=O)c1ccc(C(O)C(O)CCNC(C)=O)cc1. The fourth-order valence-electron chi connectivity index (χ4n) is 1.81. The summed E-state index contributed by atoms with van der Waals surface area (Å²) in [4.78, 5) is 22.2. The van der Waals surface area contributed by atoms with Gasteiger partial charge in [-0.05, 0) is 31.0 Å². The summed E-state index contributed by atoms with van der Waals surface area (Å²) in [7, 11) is 0. The molecule has 21 heavy (non-hydrogen) atoms. The molecule has 0 aliphatic rings. The number of esters is 1. The Kier molecular flexibility index (Phi) is 6.84. The van der Waals surface area contributed by atoms with Crippen molar-refractivity contribution in [2.45, 2.75) is 32.5 Å². The highest BCUT2D eigenvalue weighted by Crippen LogP contribution is 2.19. The summed E-state index contributed by atoms with van der Waals surface area (Å²) in [6.07, 6.45) is -1.83. The van der Waals surface area contributed by atoms with Crippen LogP contribution in [0.5, 0.6) is 0 Å². The van der Waals surface area contributed by atoms with E-state index in [2.05, 4.69) is 5.32 Å². The highest BCUT2D eigenvalue weighted by atomic mass is 16.5. The molecule has 6 heteroatoms. The van der Waals surface area contributed by atoms with Crippen LogP contribution < -0.4 is 5.32 Å².